The molecule has 4 rings (SSSR count). The lowest BCUT2D eigenvalue weighted by Gasteiger charge is -2.13. The Labute approximate surface area is 203 Å². The minimum absolute atomic E-state index is 0.0519. The van der Waals surface area contributed by atoms with Gasteiger partial charge in [-0.15, -0.1) is 21.5 Å². The molecule has 11 heteroatoms. The number of benzene rings is 2. The van der Waals surface area contributed by atoms with E-state index in [1.165, 1.54) is 23.1 Å². The Balaban J connectivity index is 1.64. The number of methoxy groups -OCH3 is 2. The molecule has 0 atom stereocenters. The summed E-state index contributed by atoms with van der Waals surface area (Å²) in [6.45, 7) is 0. The molecule has 0 saturated heterocycles. The molecule has 0 bridgehead atoms. The van der Waals surface area contributed by atoms with Crippen molar-refractivity contribution in [3.63, 3.8) is 0 Å². The largest absolute Gasteiger partial charge is 0.497 e. The summed E-state index contributed by atoms with van der Waals surface area (Å²) in [4.78, 5) is 24.1. The Bertz CT molecular complexity index is 1320. The zero-order valence-corrected chi connectivity index (χ0v) is 20.0. The van der Waals surface area contributed by atoms with Gasteiger partial charge in [-0.25, -0.2) is 0 Å². The molecule has 34 heavy (non-hydrogen) atoms. The molecule has 0 aliphatic carbocycles. The molecule has 0 saturated carbocycles. The summed E-state index contributed by atoms with van der Waals surface area (Å²) in [5, 5.41) is 14.1. The molecule has 4 aromatic rings. The van der Waals surface area contributed by atoms with Gasteiger partial charge in [-0.1, -0.05) is 23.9 Å². The number of hydrogen-bond donors (Lipinski definition) is 2. The fourth-order valence-corrected chi connectivity index (χ4v) is 4.78. The van der Waals surface area contributed by atoms with Crippen LogP contribution >= 0.6 is 23.1 Å². The average Bonchev–Trinajstić information content (AvgIpc) is 3.50. The third kappa shape index (κ3) is 4.90. The maximum absolute atomic E-state index is 12.6. The van der Waals surface area contributed by atoms with Crippen LogP contribution in [0.15, 0.2) is 65.1 Å². The van der Waals surface area contributed by atoms with Crippen molar-refractivity contribution in [1.82, 2.24) is 14.8 Å². The predicted molar refractivity (Wildman–Crippen MR) is 132 cm³/mol. The number of carbonyl (C=O) groups excluding carboxylic acids is 2. The number of nitrogens with two attached hydrogens (primary N) is 1. The number of hydrogen-bond acceptors (Lipinski definition) is 8. The Morgan fingerprint density at radius 1 is 1.06 bits per heavy atom. The van der Waals surface area contributed by atoms with Gasteiger partial charge in [0.25, 0.3) is 5.91 Å². The Hall–Kier alpha value is -3.83. The number of aromatic nitrogens is 3. The predicted octanol–water partition coefficient (Wildman–Crippen LogP) is 3.84. The van der Waals surface area contributed by atoms with Crippen LogP contribution in [-0.2, 0) is 4.79 Å². The molecule has 2 aromatic carbocycles. The van der Waals surface area contributed by atoms with E-state index in [1.807, 2.05) is 53.1 Å². The summed E-state index contributed by atoms with van der Waals surface area (Å²) < 4.78 is 12.6. The Kier molecular flexibility index (Phi) is 7.14. The minimum atomic E-state index is -0.593. The molecule has 0 spiro atoms. The number of primary amides is 1. The van der Waals surface area contributed by atoms with Gasteiger partial charge in [0.1, 0.15) is 16.5 Å². The molecule has 0 unspecified atom stereocenters. The molecule has 174 valence electrons. The van der Waals surface area contributed by atoms with E-state index < -0.39 is 5.91 Å². The topological polar surface area (TPSA) is 121 Å². The maximum Gasteiger partial charge on any atom is 0.251 e. The summed E-state index contributed by atoms with van der Waals surface area (Å²) in [5.74, 6) is 1.10. The first-order chi connectivity index (χ1) is 16.5. The Morgan fingerprint density at radius 2 is 1.82 bits per heavy atom. The molecule has 0 aliphatic rings. The molecule has 0 fully saturated rings. The van der Waals surface area contributed by atoms with E-state index in [0.717, 1.165) is 11.3 Å². The van der Waals surface area contributed by atoms with Gasteiger partial charge in [0.2, 0.25) is 5.91 Å². The number of amides is 2. The van der Waals surface area contributed by atoms with Crippen LogP contribution in [0, 0.1) is 0 Å². The molecule has 0 radical (unpaired) electrons. The first kappa shape index (κ1) is 23.3. The third-order valence-electron chi connectivity index (χ3n) is 4.83. The zero-order chi connectivity index (χ0) is 24.1. The number of nitrogens with zero attached hydrogens (tertiary/aromatic N) is 3. The third-order valence-corrected chi connectivity index (χ3v) is 6.59. The first-order valence-electron chi connectivity index (χ1n) is 10.0. The molecule has 9 nitrogen and oxygen atoms in total. The molecular formula is C23H21N5O4S2. The van der Waals surface area contributed by atoms with Gasteiger partial charge in [-0.2, -0.15) is 0 Å². The van der Waals surface area contributed by atoms with Crippen LogP contribution < -0.4 is 20.5 Å². The van der Waals surface area contributed by atoms with Gasteiger partial charge in [0.05, 0.1) is 36.8 Å². The quantitative estimate of drug-likeness (QED) is 0.338. The fraction of sp³-hybridized carbons (Fsp3) is 0.130. The highest BCUT2D eigenvalue weighted by molar-refractivity contribution is 7.99. The average molecular weight is 496 g/mol. The second-order valence-corrected chi connectivity index (χ2v) is 8.76. The summed E-state index contributed by atoms with van der Waals surface area (Å²) >= 11 is 2.45. The van der Waals surface area contributed by atoms with Gasteiger partial charge in [0.15, 0.2) is 11.0 Å². The van der Waals surface area contributed by atoms with Gasteiger partial charge in [-0.3, -0.25) is 14.2 Å². The molecule has 2 heterocycles. The lowest BCUT2D eigenvalue weighted by atomic mass is 10.2. The zero-order valence-electron chi connectivity index (χ0n) is 18.3. The molecule has 2 aromatic heterocycles. The van der Waals surface area contributed by atoms with E-state index in [0.29, 0.717) is 27.5 Å². The van der Waals surface area contributed by atoms with Gasteiger partial charge in [-0.05, 0) is 47.8 Å². The number of carbonyl (C=O) groups is 2. The molecule has 3 N–H and O–H groups in total. The van der Waals surface area contributed by atoms with Crippen LogP contribution in [0.1, 0.15) is 10.4 Å². The number of anilines is 1. The van der Waals surface area contributed by atoms with E-state index in [2.05, 4.69) is 15.5 Å². The lowest BCUT2D eigenvalue weighted by Crippen LogP contribution is -2.18. The van der Waals surface area contributed by atoms with Crippen LogP contribution in [0.2, 0.25) is 0 Å². The second-order valence-electron chi connectivity index (χ2n) is 6.90. The van der Waals surface area contributed by atoms with Crippen molar-refractivity contribution < 1.29 is 19.1 Å². The van der Waals surface area contributed by atoms with E-state index >= 15 is 0 Å². The number of para-hydroxylation sites is 1. The van der Waals surface area contributed by atoms with Gasteiger partial charge >= 0.3 is 0 Å². The maximum atomic E-state index is 12.6. The summed E-state index contributed by atoms with van der Waals surface area (Å²) in [7, 11) is 3.20. The van der Waals surface area contributed by atoms with Crippen molar-refractivity contribution in [2.45, 2.75) is 5.16 Å². The normalized spacial score (nSPS) is 10.6. The van der Waals surface area contributed by atoms with Crippen LogP contribution in [0.3, 0.4) is 0 Å². The van der Waals surface area contributed by atoms with Crippen molar-refractivity contribution in [2.75, 3.05) is 25.3 Å². The van der Waals surface area contributed by atoms with Crippen molar-refractivity contribution >= 4 is 39.9 Å². The standard InChI is InChI=1S/C23H21N5O4S2/c1-31-15-9-7-14(8-10-15)28-21(16-5-3-4-6-18(16)32-2)26-27-23(28)34-13-19(29)25-22-17(20(24)30)11-12-33-22/h3-12H,13H2,1-2H3,(H2,24,30)(H,25,29). The monoisotopic (exact) mass is 495 g/mol. The Morgan fingerprint density at radius 3 is 2.53 bits per heavy atom. The number of thioether (sulfide) groups is 1. The van der Waals surface area contributed by atoms with Gasteiger partial charge in [0, 0.05) is 0 Å². The van der Waals surface area contributed by atoms with Crippen molar-refractivity contribution in [2.24, 2.45) is 5.73 Å². The van der Waals surface area contributed by atoms with Crippen molar-refractivity contribution in [3.8, 4) is 28.6 Å². The molecular weight excluding hydrogens is 474 g/mol. The van der Waals surface area contributed by atoms with E-state index in [1.54, 1.807) is 25.7 Å². The molecule has 0 aliphatic heterocycles. The SMILES string of the molecule is COc1ccc(-n2c(SCC(=O)Nc3sccc3C(N)=O)nnc2-c2ccccc2OC)cc1. The highest BCUT2D eigenvalue weighted by Gasteiger charge is 2.20. The van der Waals surface area contributed by atoms with Crippen LogP contribution in [0.25, 0.3) is 17.1 Å². The van der Waals surface area contributed by atoms with Gasteiger partial charge < -0.3 is 20.5 Å². The second kappa shape index (κ2) is 10.4. The number of ether oxygens (including phenoxy) is 2. The van der Waals surface area contributed by atoms with Crippen LogP contribution in [0.4, 0.5) is 5.00 Å². The van der Waals surface area contributed by atoms with Crippen molar-refractivity contribution in [3.05, 3.63) is 65.5 Å². The highest BCUT2D eigenvalue weighted by Crippen LogP contribution is 2.33. The van der Waals surface area contributed by atoms with E-state index in [9.17, 15) is 9.59 Å². The van der Waals surface area contributed by atoms with E-state index in [4.69, 9.17) is 15.2 Å². The van der Waals surface area contributed by atoms with Crippen LogP contribution in [-0.4, -0.2) is 46.6 Å². The minimum Gasteiger partial charge on any atom is -0.497 e. The van der Waals surface area contributed by atoms with E-state index in [-0.39, 0.29) is 17.2 Å². The summed E-state index contributed by atoms with van der Waals surface area (Å²) in [5.41, 5.74) is 7.19. The molecule has 2 amide bonds. The number of rotatable bonds is 9. The first-order valence-corrected chi connectivity index (χ1v) is 11.9. The number of thiophene rings is 1. The summed E-state index contributed by atoms with van der Waals surface area (Å²) in [6.07, 6.45) is 0. The van der Waals surface area contributed by atoms with Crippen molar-refractivity contribution in [1.29, 1.82) is 0 Å². The summed E-state index contributed by atoms with van der Waals surface area (Å²) in [6, 6.07) is 16.5. The number of nitrogens with one attached hydrogen (secondary N) is 1. The smallest absolute Gasteiger partial charge is 0.251 e. The van der Waals surface area contributed by atoms with Crippen LogP contribution in [0.5, 0.6) is 11.5 Å². The highest BCUT2D eigenvalue weighted by atomic mass is 32.2. The lowest BCUT2D eigenvalue weighted by molar-refractivity contribution is -0.113. The fourth-order valence-electron chi connectivity index (χ4n) is 3.22.